The molecule has 0 bridgehead atoms. The number of ether oxygens (including phenoxy) is 2. The first-order chi connectivity index (χ1) is 15.1. The Morgan fingerprint density at radius 1 is 1.13 bits per heavy atom. The third kappa shape index (κ3) is 6.38. The number of carbonyl (C=O) groups excluding carboxylic acids is 2. The summed E-state index contributed by atoms with van der Waals surface area (Å²) in [5.74, 6) is 2.06. The summed E-state index contributed by atoms with van der Waals surface area (Å²) in [6, 6.07) is 8.82. The van der Waals surface area contributed by atoms with Crippen LogP contribution in [0.1, 0.15) is 42.8 Å². The summed E-state index contributed by atoms with van der Waals surface area (Å²) in [6.07, 6.45) is 6.52. The average molecular weight is 427 g/mol. The molecule has 0 spiro atoms. The number of nitrogens with one attached hydrogen (secondary N) is 1. The van der Waals surface area contributed by atoms with Crippen LogP contribution in [0.25, 0.3) is 6.08 Å². The van der Waals surface area contributed by atoms with Crippen LogP contribution in [0.15, 0.2) is 47.1 Å². The zero-order valence-corrected chi connectivity index (χ0v) is 18.1. The molecule has 0 radical (unpaired) electrons. The Balaban J connectivity index is 1.46. The number of hydrogen-bond donors (Lipinski definition) is 1. The Hall–Kier alpha value is -3.22. The fraction of sp³-hybridized carbons (Fsp3) is 0.417. The van der Waals surface area contributed by atoms with Crippen LogP contribution in [0, 0.1) is 5.92 Å². The maximum atomic E-state index is 12.6. The van der Waals surface area contributed by atoms with Crippen LogP contribution in [0.5, 0.6) is 11.5 Å². The SMILES string of the molecule is CCOc1ccc(C(=O)NCC2CCN(C(=O)/C=C/c3ccco3)CC2)cc1OCC. The predicted molar refractivity (Wildman–Crippen MR) is 118 cm³/mol. The third-order valence-electron chi connectivity index (χ3n) is 5.22. The molecular formula is C24H30N2O5. The predicted octanol–water partition coefficient (Wildman–Crippen LogP) is 3.76. The molecule has 1 aromatic heterocycles. The van der Waals surface area contributed by atoms with Gasteiger partial charge >= 0.3 is 0 Å². The molecule has 1 saturated heterocycles. The molecule has 1 aliphatic rings. The average Bonchev–Trinajstić information content (AvgIpc) is 3.31. The molecule has 2 aromatic rings. The monoisotopic (exact) mass is 426 g/mol. The number of carbonyl (C=O) groups is 2. The van der Waals surface area contributed by atoms with Gasteiger partial charge in [-0.1, -0.05) is 0 Å². The first kappa shape index (κ1) is 22.5. The number of rotatable bonds is 9. The van der Waals surface area contributed by atoms with Crippen molar-refractivity contribution in [3.05, 3.63) is 54.0 Å². The number of hydrogen-bond acceptors (Lipinski definition) is 5. The fourth-order valence-electron chi connectivity index (χ4n) is 3.53. The van der Waals surface area contributed by atoms with Gasteiger partial charge in [0.05, 0.1) is 19.5 Å². The van der Waals surface area contributed by atoms with Gasteiger partial charge in [0.25, 0.3) is 5.91 Å². The molecule has 166 valence electrons. The van der Waals surface area contributed by atoms with Crippen molar-refractivity contribution in [3.8, 4) is 11.5 Å². The Labute approximate surface area is 183 Å². The first-order valence-corrected chi connectivity index (χ1v) is 10.8. The Bertz CT molecular complexity index is 883. The van der Waals surface area contributed by atoms with Crippen molar-refractivity contribution in [2.75, 3.05) is 32.8 Å². The van der Waals surface area contributed by atoms with E-state index in [0.717, 1.165) is 12.8 Å². The zero-order chi connectivity index (χ0) is 22.1. The Morgan fingerprint density at radius 3 is 2.55 bits per heavy atom. The molecule has 1 aromatic carbocycles. The first-order valence-electron chi connectivity index (χ1n) is 10.8. The second-order valence-corrected chi connectivity index (χ2v) is 7.35. The number of benzene rings is 1. The highest BCUT2D eigenvalue weighted by molar-refractivity contribution is 5.95. The summed E-state index contributed by atoms with van der Waals surface area (Å²) in [5, 5.41) is 3.01. The van der Waals surface area contributed by atoms with Gasteiger partial charge in [0.1, 0.15) is 5.76 Å². The number of amides is 2. The van der Waals surface area contributed by atoms with Crippen molar-refractivity contribution in [1.82, 2.24) is 10.2 Å². The molecule has 2 amide bonds. The molecule has 0 saturated carbocycles. The maximum Gasteiger partial charge on any atom is 0.251 e. The molecule has 31 heavy (non-hydrogen) atoms. The quantitative estimate of drug-likeness (QED) is 0.618. The van der Waals surface area contributed by atoms with Gasteiger partial charge in [-0.25, -0.2) is 0 Å². The number of likely N-dealkylation sites (tertiary alicyclic amines) is 1. The summed E-state index contributed by atoms with van der Waals surface area (Å²) in [4.78, 5) is 26.7. The lowest BCUT2D eigenvalue weighted by Gasteiger charge is -2.31. The van der Waals surface area contributed by atoms with Gasteiger partial charge in [0.2, 0.25) is 5.91 Å². The van der Waals surface area contributed by atoms with Crippen LogP contribution in [0.2, 0.25) is 0 Å². The van der Waals surface area contributed by atoms with E-state index in [9.17, 15) is 9.59 Å². The van der Waals surface area contributed by atoms with E-state index in [1.165, 1.54) is 0 Å². The molecule has 3 rings (SSSR count). The summed E-state index contributed by atoms with van der Waals surface area (Å²) in [5.41, 5.74) is 0.544. The lowest BCUT2D eigenvalue weighted by molar-refractivity contribution is -0.127. The van der Waals surface area contributed by atoms with E-state index in [-0.39, 0.29) is 11.8 Å². The van der Waals surface area contributed by atoms with Crippen molar-refractivity contribution in [3.63, 3.8) is 0 Å². The molecular weight excluding hydrogens is 396 g/mol. The van der Waals surface area contributed by atoms with Crippen LogP contribution in [0.4, 0.5) is 0 Å². The number of furan rings is 1. The van der Waals surface area contributed by atoms with Gasteiger partial charge in [-0.15, -0.1) is 0 Å². The number of piperidine rings is 1. The third-order valence-corrected chi connectivity index (χ3v) is 5.22. The second-order valence-electron chi connectivity index (χ2n) is 7.35. The van der Waals surface area contributed by atoms with Gasteiger partial charge in [0.15, 0.2) is 11.5 Å². The van der Waals surface area contributed by atoms with E-state index in [2.05, 4.69) is 5.32 Å². The van der Waals surface area contributed by atoms with Gasteiger partial charge in [0, 0.05) is 31.3 Å². The van der Waals surface area contributed by atoms with E-state index < -0.39 is 0 Å². The van der Waals surface area contributed by atoms with Gasteiger partial charge in [-0.05, 0) is 69.0 Å². The molecule has 7 heteroatoms. The molecule has 1 fully saturated rings. The van der Waals surface area contributed by atoms with Gasteiger partial charge < -0.3 is 24.1 Å². The van der Waals surface area contributed by atoms with Crippen molar-refractivity contribution >= 4 is 17.9 Å². The van der Waals surface area contributed by atoms with E-state index in [1.54, 1.807) is 48.7 Å². The van der Waals surface area contributed by atoms with E-state index in [4.69, 9.17) is 13.9 Å². The normalized spacial score (nSPS) is 14.6. The van der Waals surface area contributed by atoms with Crippen molar-refractivity contribution in [2.24, 2.45) is 5.92 Å². The van der Waals surface area contributed by atoms with Crippen molar-refractivity contribution in [1.29, 1.82) is 0 Å². The molecule has 7 nitrogen and oxygen atoms in total. The summed E-state index contributed by atoms with van der Waals surface area (Å²) in [7, 11) is 0. The number of nitrogens with zero attached hydrogens (tertiary/aromatic N) is 1. The Kier molecular flexibility index (Phi) is 8.15. The van der Waals surface area contributed by atoms with Crippen LogP contribution in [-0.2, 0) is 4.79 Å². The fourth-order valence-corrected chi connectivity index (χ4v) is 3.53. The zero-order valence-electron chi connectivity index (χ0n) is 18.1. The van der Waals surface area contributed by atoms with E-state index in [0.29, 0.717) is 61.6 Å². The largest absolute Gasteiger partial charge is 0.490 e. The minimum Gasteiger partial charge on any atom is -0.490 e. The van der Waals surface area contributed by atoms with Crippen LogP contribution in [0.3, 0.4) is 0 Å². The molecule has 2 heterocycles. The highest BCUT2D eigenvalue weighted by atomic mass is 16.5. The van der Waals surface area contributed by atoms with Crippen molar-refractivity contribution < 1.29 is 23.5 Å². The highest BCUT2D eigenvalue weighted by Crippen LogP contribution is 2.28. The van der Waals surface area contributed by atoms with Crippen LogP contribution in [-0.4, -0.2) is 49.6 Å². The van der Waals surface area contributed by atoms with E-state index in [1.807, 2.05) is 18.7 Å². The van der Waals surface area contributed by atoms with Crippen LogP contribution >= 0.6 is 0 Å². The molecule has 0 aliphatic carbocycles. The smallest absolute Gasteiger partial charge is 0.251 e. The lowest BCUT2D eigenvalue weighted by atomic mass is 9.96. The topological polar surface area (TPSA) is 81.0 Å². The summed E-state index contributed by atoms with van der Waals surface area (Å²) in [6.45, 7) is 6.78. The maximum absolute atomic E-state index is 12.6. The molecule has 1 N–H and O–H groups in total. The van der Waals surface area contributed by atoms with Crippen LogP contribution < -0.4 is 14.8 Å². The standard InChI is InChI=1S/C24H30N2O5/c1-3-29-21-9-7-19(16-22(21)30-4-2)24(28)25-17-18-11-13-26(14-12-18)23(27)10-8-20-6-5-15-31-20/h5-10,15-16,18H,3-4,11-14,17H2,1-2H3,(H,25,28)/b10-8+. The van der Waals surface area contributed by atoms with Crippen molar-refractivity contribution in [2.45, 2.75) is 26.7 Å². The summed E-state index contributed by atoms with van der Waals surface area (Å²) >= 11 is 0. The highest BCUT2D eigenvalue weighted by Gasteiger charge is 2.22. The Morgan fingerprint density at radius 2 is 1.87 bits per heavy atom. The lowest BCUT2D eigenvalue weighted by Crippen LogP contribution is -2.41. The molecule has 0 unspecified atom stereocenters. The molecule has 1 aliphatic heterocycles. The molecule has 0 atom stereocenters. The van der Waals surface area contributed by atoms with E-state index >= 15 is 0 Å². The van der Waals surface area contributed by atoms with Gasteiger partial charge in [-0.2, -0.15) is 0 Å². The minimum atomic E-state index is -0.135. The minimum absolute atomic E-state index is 0.0169. The second kappa shape index (κ2) is 11.2. The van der Waals surface area contributed by atoms with Gasteiger partial charge in [-0.3, -0.25) is 9.59 Å². The summed E-state index contributed by atoms with van der Waals surface area (Å²) < 4.78 is 16.4.